The van der Waals surface area contributed by atoms with Crippen LogP contribution >= 0.6 is 0 Å². The molecule has 2 N–H and O–H groups in total. The summed E-state index contributed by atoms with van der Waals surface area (Å²) in [5, 5.41) is 0. The first kappa shape index (κ1) is 23.6. The summed E-state index contributed by atoms with van der Waals surface area (Å²) < 4.78 is 5.81. The van der Waals surface area contributed by atoms with Crippen LogP contribution in [0.25, 0.3) is 0 Å². The molecule has 2 heterocycles. The number of amides is 1. The van der Waals surface area contributed by atoms with Gasteiger partial charge < -0.3 is 14.5 Å². The van der Waals surface area contributed by atoms with Crippen molar-refractivity contribution < 1.29 is 29.0 Å². The van der Waals surface area contributed by atoms with Crippen LogP contribution < -0.4 is 14.6 Å². The number of pyridine rings is 1. The van der Waals surface area contributed by atoms with Crippen molar-refractivity contribution in [3.63, 3.8) is 0 Å². The van der Waals surface area contributed by atoms with E-state index in [4.69, 9.17) is 4.74 Å². The van der Waals surface area contributed by atoms with Gasteiger partial charge in [-0.05, 0) is 42.7 Å². The first-order chi connectivity index (χ1) is 15.2. The maximum Gasteiger partial charge on any atom is 0.291 e. The Morgan fingerprint density at radius 1 is 1.22 bits per heavy atom. The molecule has 1 aliphatic rings. The predicted molar refractivity (Wildman–Crippen MR) is 119 cm³/mol. The van der Waals surface area contributed by atoms with Crippen LogP contribution in [0.4, 0.5) is 0 Å². The first-order valence-corrected chi connectivity index (χ1v) is 11.1. The average molecular weight is 440 g/mol. The van der Waals surface area contributed by atoms with Crippen LogP contribution in [0.5, 0.6) is 5.75 Å². The molecule has 32 heavy (non-hydrogen) atoms. The molecule has 2 unspecified atom stereocenters. The number of H-pyrrole nitrogens is 1. The number of ketones is 2. The predicted octanol–water partition coefficient (Wildman–Crippen LogP) is 0.940. The second-order valence-corrected chi connectivity index (χ2v) is 9.13. The molecule has 0 radical (unpaired) electrons. The second-order valence-electron chi connectivity index (χ2n) is 9.13. The number of likely N-dealkylation sites (N-methyl/N-ethyl adjacent to an activating group) is 1. The van der Waals surface area contributed by atoms with E-state index in [2.05, 4.69) is 18.8 Å². The maximum absolute atomic E-state index is 13.5. The third kappa shape index (κ3) is 5.05. The van der Waals surface area contributed by atoms with Crippen molar-refractivity contribution in [1.82, 2.24) is 4.90 Å². The number of nitrogens with zero attached hydrogens (tertiary/aromatic N) is 1. The van der Waals surface area contributed by atoms with E-state index >= 15 is 0 Å². The number of likely N-dealkylation sites (tertiary alicyclic amines) is 1. The fourth-order valence-corrected chi connectivity index (χ4v) is 3.94. The number of rotatable bonds is 9. The van der Waals surface area contributed by atoms with Crippen molar-refractivity contribution in [2.45, 2.75) is 26.8 Å². The van der Waals surface area contributed by atoms with E-state index in [-0.39, 0.29) is 5.78 Å². The summed E-state index contributed by atoms with van der Waals surface area (Å²) in [6, 6.07) is 8.23. The molecular weight excluding hydrogens is 406 g/mol. The van der Waals surface area contributed by atoms with Gasteiger partial charge in [0.2, 0.25) is 5.78 Å². The Labute approximate surface area is 189 Å². The standard InChI is InChI=1S/C25H31N3O4/c1-16(2)15-32-20-9-8-18(13-17(20)3)23(29)21-22(19-7-6-10-26-14-19)28(12-11-27(4)5)25(31)24(21)30/h6-10,13-14,16,21-22H,11-12,15H2,1-5H3/p+2. The molecule has 0 bridgehead atoms. The molecule has 0 saturated carbocycles. The van der Waals surface area contributed by atoms with Gasteiger partial charge in [-0.15, -0.1) is 0 Å². The van der Waals surface area contributed by atoms with Gasteiger partial charge in [-0.2, -0.15) is 0 Å². The summed E-state index contributed by atoms with van der Waals surface area (Å²) in [7, 11) is 3.98. The number of hydrogen-bond donors (Lipinski definition) is 1. The molecule has 1 fully saturated rings. The fourth-order valence-electron chi connectivity index (χ4n) is 3.94. The largest absolute Gasteiger partial charge is 0.493 e. The Morgan fingerprint density at radius 3 is 2.56 bits per heavy atom. The van der Waals surface area contributed by atoms with E-state index in [0.717, 1.165) is 16.0 Å². The highest BCUT2D eigenvalue weighted by atomic mass is 16.5. The van der Waals surface area contributed by atoms with E-state index in [1.807, 2.05) is 33.2 Å². The molecular formula is C25H33N3O4+2. The van der Waals surface area contributed by atoms with Crippen LogP contribution in [0, 0.1) is 18.8 Å². The highest BCUT2D eigenvalue weighted by Gasteiger charge is 2.52. The van der Waals surface area contributed by atoms with E-state index < -0.39 is 23.7 Å². The van der Waals surface area contributed by atoms with Crippen molar-refractivity contribution in [2.24, 2.45) is 11.8 Å². The van der Waals surface area contributed by atoms with Crippen molar-refractivity contribution in [2.75, 3.05) is 33.8 Å². The second kappa shape index (κ2) is 10.0. The number of ether oxygens (including phenoxy) is 1. The highest BCUT2D eigenvalue weighted by Crippen LogP contribution is 2.37. The molecule has 1 aromatic carbocycles. The summed E-state index contributed by atoms with van der Waals surface area (Å²) in [6.45, 7) is 7.68. The highest BCUT2D eigenvalue weighted by molar-refractivity contribution is 6.44. The third-order valence-corrected chi connectivity index (χ3v) is 5.65. The van der Waals surface area contributed by atoms with Crippen molar-refractivity contribution in [1.29, 1.82) is 0 Å². The molecule has 7 heteroatoms. The zero-order chi connectivity index (χ0) is 23.4. The smallest absolute Gasteiger partial charge is 0.291 e. The Bertz CT molecular complexity index is 988. The van der Waals surface area contributed by atoms with Crippen LogP contribution in [0.3, 0.4) is 0 Å². The van der Waals surface area contributed by atoms with Gasteiger partial charge in [-0.3, -0.25) is 14.4 Å². The van der Waals surface area contributed by atoms with E-state index in [0.29, 0.717) is 36.9 Å². The summed E-state index contributed by atoms with van der Waals surface area (Å²) in [4.78, 5) is 45.2. The van der Waals surface area contributed by atoms with Gasteiger partial charge in [0.25, 0.3) is 5.91 Å². The topological polar surface area (TPSA) is 82.3 Å². The number of nitrogens with one attached hydrogen (secondary N) is 2. The minimum Gasteiger partial charge on any atom is -0.493 e. The molecule has 2 aromatic rings. The number of aromatic amines is 1. The van der Waals surface area contributed by atoms with Gasteiger partial charge in [0.05, 0.1) is 39.8 Å². The normalized spacial score (nSPS) is 18.7. The van der Waals surface area contributed by atoms with Crippen LogP contribution in [0.15, 0.2) is 42.7 Å². The number of carbonyl (C=O) groups excluding carboxylic acids is 3. The summed E-state index contributed by atoms with van der Waals surface area (Å²) in [6.07, 6.45) is 3.51. The van der Waals surface area contributed by atoms with Gasteiger partial charge >= 0.3 is 0 Å². The number of aryl methyl sites for hydroxylation is 1. The molecule has 1 amide bonds. The number of Topliss-reactive ketones (excluding diaryl/α,β-unsaturated/α-hetero) is 2. The summed E-state index contributed by atoms with van der Waals surface area (Å²) in [5.41, 5.74) is 1.98. The van der Waals surface area contributed by atoms with Gasteiger partial charge in [-0.1, -0.05) is 13.8 Å². The minimum atomic E-state index is -1.07. The van der Waals surface area contributed by atoms with Gasteiger partial charge in [-0.25, -0.2) is 4.98 Å². The van der Waals surface area contributed by atoms with Crippen LogP contribution in [0.2, 0.25) is 0 Å². The number of hydrogen-bond acceptors (Lipinski definition) is 4. The lowest BCUT2D eigenvalue weighted by atomic mass is 9.86. The monoisotopic (exact) mass is 439 g/mol. The van der Waals surface area contributed by atoms with Crippen molar-refractivity contribution in [3.8, 4) is 5.75 Å². The number of carbonyl (C=O) groups is 3. The lowest BCUT2D eigenvalue weighted by Crippen LogP contribution is -3.06. The van der Waals surface area contributed by atoms with Crippen LogP contribution in [0.1, 0.15) is 41.4 Å². The summed E-state index contributed by atoms with van der Waals surface area (Å²) >= 11 is 0. The number of benzene rings is 1. The molecule has 0 aliphatic carbocycles. The zero-order valence-corrected chi connectivity index (χ0v) is 19.5. The molecule has 1 aromatic heterocycles. The summed E-state index contributed by atoms with van der Waals surface area (Å²) in [5.74, 6) is -1.54. The molecule has 7 nitrogen and oxygen atoms in total. The molecule has 1 saturated heterocycles. The SMILES string of the molecule is Cc1cc(C(=O)C2C(=O)C(=O)N(CC[NH+](C)C)C2c2ccc[nH+]c2)ccc1OCC(C)C. The quantitative estimate of drug-likeness (QED) is 0.358. The molecule has 170 valence electrons. The average Bonchev–Trinajstić information content (AvgIpc) is 3.01. The maximum atomic E-state index is 13.5. The molecule has 3 rings (SSSR count). The molecule has 1 aliphatic heterocycles. The Hall–Kier alpha value is -3.06. The Morgan fingerprint density at radius 2 is 1.97 bits per heavy atom. The number of quaternary nitrogens is 1. The Balaban J connectivity index is 1.94. The van der Waals surface area contributed by atoms with Crippen molar-refractivity contribution in [3.05, 3.63) is 59.4 Å². The van der Waals surface area contributed by atoms with Crippen LogP contribution in [-0.4, -0.2) is 56.2 Å². The lowest BCUT2D eigenvalue weighted by Gasteiger charge is -2.26. The minimum absolute atomic E-state index is 0.338. The van der Waals surface area contributed by atoms with Gasteiger partial charge in [0.1, 0.15) is 11.7 Å². The van der Waals surface area contributed by atoms with Crippen LogP contribution in [-0.2, 0) is 9.59 Å². The first-order valence-electron chi connectivity index (χ1n) is 11.1. The van der Waals surface area contributed by atoms with E-state index in [1.165, 1.54) is 0 Å². The molecule has 2 atom stereocenters. The molecule has 0 spiro atoms. The number of aromatic nitrogens is 1. The third-order valence-electron chi connectivity index (χ3n) is 5.65. The van der Waals surface area contributed by atoms with Crippen molar-refractivity contribution >= 4 is 17.5 Å². The lowest BCUT2D eigenvalue weighted by molar-refractivity contribution is -0.857. The van der Waals surface area contributed by atoms with Gasteiger partial charge in [0, 0.05) is 17.2 Å². The fraction of sp³-hybridized carbons (Fsp3) is 0.440. The van der Waals surface area contributed by atoms with E-state index in [1.54, 1.807) is 35.5 Å². The Kier molecular flexibility index (Phi) is 7.40. The van der Waals surface area contributed by atoms with E-state index in [9.17, 15) is 14.4 Å². The van der Waals surface area contributed by atoms with Gasteiger partial charge in [0.15, 0.2) is 18.2 Å². The zero-order valence-electron chi connectivity index (χ0n) is 19.5.